The van der Waals surface area contributed by atoms with Crippen molar-refractivity contribution in [1.29, 1.82) is 0 Å². The first-order valence-electron chi connectivity index (χ1n) is 7.04. The van der Waals surface area contributed by atoms with Crippen LogP contribution in [0.25, 0.3) is 11.0 Å². The van der Waals surface area contributed by atoms with E-state index >= 15 is 0 Å². The first kappa shape index (κ1) is 12.8. The van der Waals surface area contributed by atoms with Crippen LogP contribution in [-0.2, 0) is 6.54 Å². The molecule has 0 amide bonds. The SMILES string of the molecule is CC1CCC(Cn2c(N)nc3cc(Cl)ccc32)CC1. The van der Waals surface area contributed by atoms with Gasteiger partial charge in [0.1, 0.15) is 0 Å². The van der Waals surface area contributed by atoms with E-state index in [0.29, 0.717) is 11.0 Å². The van der Waals surface area contributed by atoms with Crippen LogP contribution in [0.15, 0.2) is 18.2 Å². The molecule has 3 rings (SSSR count). The van der Waals surface area contributed by atoms with Gasteiger partial charge >= 0.3 is 0 Å². The Hall–Kier alpha value is -1.22. The minimum atomic E-state index is 0.607. The minimum absolute atomic E-state index is 0.607. The molecule has 102 valence electrons. The van der Waals surface area contributed by atoms with E-state index in [4.69, 9.17) is 17.3 Å². The normalized spacial score (nSPS) is 23.9. The molecular weight excluding hydrogens is 258 g/mol. The molecule has 2 aromatic rings. The van der Waals surface area contributed by atoms with Crippen molar-refractivity contribution in [3.8, 4) is 0 Å². The molecule has 1 saturated carbocycles. The van der Waals surface area contributed by atoms with Crippen LogP contribution in [-0.4, -0.2) is 9.55 Å². The molecule has 3 nitrogen and oxygen atoms in total. The molecule has 1 aromatic carbocycles. The third kappa shape index (κ3) is 2.57. The smallest absolute Gasteiger partial charge is 0.201 e. The van der Waals surface area contributed by atoms with E-state index in [1.54, 1.807) is 0 Å². The fourth-order valence-corrected chi connectivity index (χ4v) is 3.25. The maximum Gasteiger partial charge on any atom is 0.201 e. The van der Waals surface area contributed by atoms with Gasteiger partial charge in [-0.25, -0.2) is 4.98 Å². The summed E-state index contributed by atoms with van der Waals surface area (Å²) in [7, 11) is 0. The first-order valence-corrected chi connectivity index (χ1v) is 7.42. The number of hydrogen-bond donors (Lipinski definition) is 1. The molecule has 0 radical (unpaired) electrons. The van der Waals surface area contributed by atoms with Crippen LogP contribution in [0.4, 0.5) is 5.95 Å². The molecule has 2 N–H and O–H groups in total. The monoisotopic (exact) mass is 277 g/mol. The molecule has 0 atom stereocenters. The summed E-state index contributed by atoms with van der Waals surface area (Å²) in [6, 6.07) is 5.81. The van der Waals surface area contributed by atoms with Gasteiger partial charge < -0.3 is 10.3 Å². The number of rotatable bonds is 2. The van der Waals surface area contributed by atoms with Crippen molar-refractivity contribution in [1.82, 2.24) is 9.55 Å². The van der Waals surface area contributed by atoms with Crippen LogP contribution in [0.3, 0.4) is 0 Å². The minimum Gasteiger partial charge on any atom is -0.369 e. The van der Waals surface area contributed by atoms with Gasteiger partial charge in [-0.05, 0) is 42.9 Å². The predicted molar refractivity (Wildman–Crippen MR) is 80.3 cm³/mol. The molecule has 0 spiro atoms. The van der Waals surface area contributed by atoms with Crippen molar-refractivity contribution in [2.24, 2.45) is 11.8 Å². The lowest BCUT2D eigenvalue weighted by Gasteiger charge is -2.26. The van der Waals surface area contributed by atoms with Gasteiger partial charge in [-0.1, -0.05) is 31.4 Å². The van der Waals surface area contributed by atoms with Gasteiger partial charge in [-0.2, -0.15) is 0 Å². The molecule has 0 aliphatic heterocycles. The van der Waals surface area contributed by atoms with E-state index in [2.05, 4.69) is 16.5 Å². The number of imidazole rings is 1. The van der Waals surface area contributed by atoms with E-state index in [1.807, 2.05) is 18.2 Å². The quantitative estimate of drug-likeness (QED) is 0.898. The second kappa shape index (κ2) is 5.04. The van der Waals surface area contributed by atoms with E-state index in [-0.39, 0.29) is 0 Å². The highest BCUT2D eigenvalue weighted by atomic mass is 35.5. The Morgan fingerprint density at radius 3 is 2.79 bits per heavy atom. The van der Waals surface area contributed by atoms with Crippen LogP contribution in [0.1, 0.15) is 32.6 Å². The van der Waals surface area contributed by atoms with Gasteiger partial charge in [0.15, 0.2) is 0 Å². The highest BCUT2D eigenvalue weighted by Gasteiger charge is 2.20. The molecular formula is C15H20ClN3. The molecule has 1 aliphatic carbocycles. The number of fused-ring (bicyclic) bond motifs is 1. The summed E-state index contributed by atoms with van der Waals surface area (Å²) in [5.41, 5.74) is 8.05. The van der Waals surface area contributed by atoms with Crippen molar-refractivity contribution in [3.05, 3.63) is 23.2 Å². The summed E-state index contributed by atoms with van der Waals surface area (Å²) in [5, 5.41) is 0.712. The molecule has 0 bridgehead atoms. The molecule has 1 fully saturated rings. The van der Waals surface area contributed by atoms with E-state index in [0.717, 1.165) is 29.4 Å². The number of nitrogen functional groups attached to an aromatic ring is 1. The average molecular weight is 278 g/mol. The molecule has 1 aromatic heterocycles. The number of aromatic nitrogens is 2. The lowest BCUT2D eigenvalue weighted by atomic mass is 9.83. The number of halogens is 1. The van der Waals surface area contributed by atoms with Gasteiger partial charge in [0.05, 0.1) is 11.0 Å². The zero-order chi connectivity index (χ0) is 13.4. The summed E-state index contributed by atoms with van der Waals surface area (Å²) >= 11 is 6.00. The van der Waals surface area contributed by atoms with Gasteiger partial charge in [0.2, 0.25) is 5.95 Å². The third-order valence-electron chi connectivity index (χ3n) is 4.32. The summed E-state index contributed by atoms with van der Waals surface area (Å²) in [6.07, 6.45) is 5.27. The number of anilines is 1. The Morgan fingerprint density at radius 1 is 1.32 bits per heavy atom. The maximum atomic E-state index is 6.06. The highest BCUT2D eigenvalue weighted by Crippen LogP contribution is 2.31. The third-order valence-corrected chi connectivity index (χ3v) is 4.55. The average Bonchev–Trinajstić information content (AvgIpc) is 2.68. The van der Waals surface area contributed by atoms with Crippen molar-refractivity contribution >= 4 is 28.6 Å². The Morgan fingerprint density at radius 2 is 2.05 bits per heavy atom. The van der Waals surface area contributed by atoms with Crippen LogP contribution in [0, 0.1) is 11.8 Å². The molecule has 1 aliphatic rings. The zero-order valence-corrected chi connectivity index (χ0v) is 12.0. The number of hydrogen-bond acceptors (Lipinski definition) is 2. The molecule has 0 saturated heterocycles. The van der Waals surface area contributed by atoms with Crippen molar-refractivity contribution in [3.63, 3.8) is 0 Å². The van der Waals surface area contributed by atoms with Crippen LogP contribution in [0.2, 0.25) is 5.02 Å². The predicted octanol–water partition coefficient (Wildman–Crippen LogP) is 4.10. The Labute approximate surface area is 118 Å². The topological polar surface area (TPSA) is 43.8 Å². The van der Waals surface area contributed by atoms with Crippen molar-refractivity contribution in [2.75, 3.05) is 5.73 Å². The highest BCUT2D eigenvalue weighted by molar-refractivity contribution is 6.31. The summed E-state index contributed by atoms with van der Waals surface area (Å²) in [6.45, 7) is 3.33. The largest absolute Gasteiger partial charge is 0.369 e. The molecule has 1 heterocycles. The summed E-state index contributed by atoms with van der Waals surface area (Å²) in [5.74, 6) is 2.22. The first-order chi connectivity index (χ1) is 9.13. The fraction of sp³-hybridized carbons (Fsp3) is 0.533. The second-order valence-corrected chi connectivity index (χ2v) is 6.28. The van der Waals surface area contributed by atoms with Gasteiger partial charge in [0, 0.05) is 11.6 Å². The van der Waals surface area contributed by atoms with Crippen molar-refractivity contribution < 1.29 is 0 Å². The Balaban J connectivity index is 1.86. The van der Waals surface area contributed by atoms with Gasteiger partial charge in [-0.15, -0.1) is 0 Å². The second-order valence-electron chi connectivity index (χ2n) is 5.84. The lowest BCUT2D eigenvalue weighted by Crippen LogP contribution is -2.18. The van der Waals surface area contributed by atoms with Gasteiger partial charge in [-0.3, -0.25) is 0 Å². The number of benzene rings is 1. The fourth-order valence-electron chi connectivity index (χ4n) is 3.08. The summed E-state index contributed by atoms with van der Waals surface area (Å²) in [4.78, 5) is 4.41. The van der Waals surface area contributed by atoms with Gasteiger partial charge in [0.25, 0.3) is 0 Å². The zero-order valence-electron chi connectivity index (χ0n) is 11.3. The van der Waals surface area contributed by atoms with Crippen LogP contribution >= 0.6 is 11.6 Å². The van der Waals surface area contributed by atoms with E-state index < -0.39 is 0 Å². The van der Waals surface area contributed by atoms with Crippen LogP contribution < -0.4 is 5.73 Å². The Bertz CT molecular complexity index is 582. The number of nitrogens with zero attached hydrogens (tertiary/aromatic N) is 2. The number of nitrogens with two attached hydrogens (primary N) is 1. The molecule has 0 unspecified atom stereocenters. The Kier molecular flexibility index (Phi) is 3.40. The van der Waals surface area contributed by atoms with Crippen LogP contribution in [0.5, 0.6) is 0 Å². The van der Waals surface area contributed by atoms with E-state index in [9.17, 15) is 0 Å². The van der Waals surface area contributed by atoms with Crippen molar-refractivity contribution in [2.45, 2.75) is 39.2 Å². The molecule has 19 heavy (non-hydrogen) atoms. The maximum absolute atomic E-state index is 6.06. The lowest BCUT2D eigenvalue weighted by molar-refractivity contribution is 0.267. The van der Waals surface area contributed by atoms with E-state index in [1.165, 1.54) is 25.7 Å². The molecule has 4 heteroatoms. The summed E-state index contributed by atoms with van der Waals surface area (Å²) < 4.78 is 2.15. The standard InChI is InChI=1S/C15H20ClN3/c1-10-2-4-11(5-3-10)9-19-14-7-6-12(16)8-13(14)18-15(19)17/h6-8,10-11H,2-5,9H2,1H3,(H2,17,18).